The van der Waals surface area contributed by atoms with Gasteiger partial charge < -0.3 is 8.85 Å². The topological polar surface area (TPSA) is 21.7 Å². The van der Waals surface area contributed by atoms with Gasteiger partial charge in [0.1, 0.15) is 0 Å². The maximum Gasteiger partial charge on any atom is 0.427 e. The summed E-state index contributed by atoms with van der Waals surface area (Å²) in [4.78, 5) is 0. The van der Waals surface area contributed by atoms with E-state index >= 15 is 0 Å². The average molecular weight is 219 g/mol. The zero-order valence-electron chi connectivity index (χ0n) is 9.01. The predicted octanol–water partition coefficient (Wildman–Crippen LogP) is 0.0976. The van der Waals surface area contributed by atoms with Crippen molar-refractivity contribution in [1.82, 2.24) is 4.57 Å². The summed E-state index contributed by atoms with van der Waals surface area (Å²) in [6.45, 7) is 2.35. The Labute approximate surface area is 85.2 Å². The van der Waals surface area contributed by atoms with Gasteiger partial charge >= 0.3 is 8.72 Å². The molecule has 0 amide bonds. The molecule has 5 heteroatoms. The minimum Gasteiger partial charge on any atom is -0.386 e. The van der Waals surface area contributed by atoms with Crippen LogP contribution in [-0.4, -0.2) is 50.8 Å². The smallest absolute Gasteiger partial charge is 0.386 e. The molecule has 0 atom stereocenters. The summed E-state index contributed by atoms with van der Waals surface area (Å²) in [7, 11) is 3.02. The maximum absolute atomic E-state index is 5.61. The number of hydrogen-bond donors (Lipinski definition) is 0. The van der Waals surface area contributed by atoms with Crippen molar-refractivity contribution in [3.05, 3.63) is 0 Å². The lowest BCUT2D eigenvalue weighted by Crippen LogP contribution is -2.53. The SMILES string of the molecule is CO[Si]1(OC)CCCN1CCC[SiH3]. The van der Waals surface area contributed by atoms with Gasteiger partial charge in [0.05, 0.1) is 0 Å². The molecule has 1 fully saturated rings. The molecule has 0 N–H and O–H groups in total. The fourth-order valence-corrected chi connectivity index (χ4v) is 5.32. The second-order valence-corrected chi connectivity index (χ2v) is 7.94. The van der Waals surface area contributed by atoms with Gasteiger partial charge in [-0.2, -0.15) is 0 Å². The van der Waals surface area contributed by atoms with E-state index in [1.807, 2.05) is 0 Å². The van der Waals surface area contributed by atoms with E-state index in [0.29, 0.717) is 0 Å². The molecule has 0 aliphatic carbocycles. The van der Waals surface area contributed by atoms with Crippen LogP contribution >= 0.6 is 0 Å². The summed E-state index contributed by atoms with van der Waals surface area (Å²) in [6.07, 6.45) is 2.56. The lowest BCUT2D eigenvalue weighted by atomic mass is 10.4. The summed E-state index contributed by atoms with van der Waals surface area (Å²) >= 11 is 0. The molecule has 78 valence electrons. The highest BCUT2D eigenvalue weighted by Crippen LogP contribution is 2.27. The van der Waals surface area contributed by atoms with Crippen LogP contribution in [0, 0.1) is 0 Å². The molecule has 3 nitrogen and oxygen atoms in total. The zero-order valence-corrected chi connectivity index (χ0v) is 12.0. The molecule has 0 unspecified atom stereocenters. The summed E-state index contributed by atoms with van der Waals surface area (Å²) in [5.41, 5.74) is 0. The molecule has 1 aliphatic rings. The van der Waals surface area contributed by atoms with E-state index in [-0.39, 0.29) is 0 Å². The summed E-state index contributed by atoms with van der Waals surface area (Å²) in [6, 6.07) is 2.52. The van der Waals surface area contributed by atoms with Crippen LogP contribution in [0.5, 0.6) is 0 Å². The van der Waals surface area contributed by atoms with Crippen molar-refractivity contribution in [1.29, 1.82) is 0 Å². The second kappa shape index (κ2) is 5.26. The summed E-state index contributed by atoms with van der Waals surface area (Å²) < 4.78 is 13.7. The quantitative estimate of drug-likeness (QED) is 0.612. The van der Waals surface area contributed by atoms with Crippen LogP contribution < -0.4 is 0 Å². The molecule has 1 heterocycles. The number of hydrogen-bond acceptors (Lipinski definition) is 3. The Kier molecular flexibility index (Phi) is 4.61. The molecule has 0 radical (unpaired) electrons. The van der Waals surface area contributed by atoms with Gasteiger partial charge in [-0.1, -0.05) is 6.04 Å². The molecule has 0 saturated carbocycles. The number of nitrogens with zero attached hydrogens (tertiary/aromatic N) is 1. The first-order chi connectivity index (χ1) is 6.29. The first-order valence-electron chi connectivity index (χ1n) is 5.14. The van der Waals surface area contributed by atoms with Gasteiger partial charge in [0.2, 0.25) is 0 Å². The lowest BCUT2D eigenvalue weighted by molar-refractivity contribution is 0.182. The Hall–Kier alpha value is 0.314. The summed E-state index contributed by atoms with van der Waals surface area (Å²) in [5, 5.41) is 0. The van der Waals surface area contributed by atoms with Gasteiger partial charge in [-0.15, -0.1) is 0 Å². The van der Waals surface area contributed by atoms with Crippen molar-refractivity contribution < 1.29 is 8.85 Å². The molecular formula is C8H21NO2Si2. The van der Waals surface area contributed by atoms with E-state index < -0.39 is 8.72 Å². The largest absolute Gasteiger partial charge is 0.427 e. The van der Waals surface area contributed by atoms with Gasteiger partial charge in [-0.05, 0) is 25.9 Å². The van der Waals surface area contributed by atoms with Crippen molar-refractivity contribution in [2.24, 2.45) is 0 Å². The molecule has 1 rings (SSSR count). The van der Waals surface area contributed by atoms with Gasteiger partial charge in [0.25, 0.3) is 0 Å². The molecule has 0 aromatic carbocycles. The van der Waals surface area contributed by atoms with Crippen molar-refractivity contribution in [2.45, 2.75) is 24.9 Å². The Morgan fingerprint density at radius 2 is 2.08 bits per heavy atom. The maximum atomic E-state index is 5.61. The summed E-state index contributed by atoms with van der Waals surface area (Å²) in [5.74, 6) is 0. The first kappa shape index (κ1) is 11.4. The molecule has 0 spiro atoms. The standard InChI is InChI=1S/C8H21NO2Si2/c1-10-13(11-2)8-4-6-9(13)5-3-7-12/h3-8H2,1-2,12H3. The van der Waals surface area contributed by atoms with Crippen molar-refractivity contribution in [3.63, 3.8) is 0 Å². The molecule has 1 saturated heterocycles. The van der Waals surface area contributed by atoms with E-state index in [9.17, 15) is 0 Å². The van der Waals surface area contributed by atoms with Crippen molar-refractivity contribution in [2.75, 3.05) is 27.3 Å². The fraction of sp³-hybridized carbons (Fsp3) is 1.00. The van der Waals surface area contributed by atoms with Crippen molar-refractivity contribution >= 4 is 19.0 Å². The fourth-order valence-electron chi connectivity index (χ4n) is 2.00. The normalized spacial score (nSPS) is 22.6. The van der Waals surface area contributed by atoms with Gasteiger partial charge in [0.15, 0.2) is 0 Å². The van der Waals surface area contributed by atoms with E-state index in [2.05, 4.69) is 4.57 Å². The second-order valence-electron chi connectivity index (χ2n) is 3.57. The zero-order chi connectivity index (χ0) is 9.73. The van der Waals surface area contributed by atoms with E-state index in [0.717, 1.165) is 6.04 Å². The number of rotatable bonds is 5. The van der Waals surface area contributed by atoms with Crippen LogP contribution in [-0.2, 0) is 8.85 Å². The van der Waals surface area contributed by atoms with Crippen LogP contribution in [0.4, 0.5) is 0 Å². The van der Waals surface area contributed by atoms with Crippen LogP contribution in [0.3, 0.4) is 0 Å². The van der Waals surface area contributed by atoms with E-state index in [4.69, 9.17) is 8.85 Å². The Balaban J connectivity index is 2.50. The third-order valence-corrected chi connectivity index (χ3v) is 7.20. The molecule has 0 aromatic heterocycles. The highest BCUT2D eigenvalue weighted by Gasteiger charge is 2.46. The Bertz CT molecular complexity index is 153. The molecule has 0 bridgehead atoms. The minimum atomic E-state index is -1.90. The van der Waals surface area contributed by atoms with Gasteiger partial charge in [-0.25, -0.2) is 0 Å². The van der Waals surface area contributed by atoms with Crippen LogP contribution in [0.2, 0.25) is 12.1 Å². The minimum absolute atomic E-state index is 1.14. The van der Waals surface area contributed by atoms with Gasteiger partial charge in [0, 0.05) is 30.5 Å². The van der Waals surface area contributed by atoms with Gasteiger partial charge in [-0.3, -0.25) is 4.57 Å². The molecular weight excluding hydrogens is 198 g/mol. The average Bonchev–Trinajstić information content (AvgIpc) is 2.58. The first-order valence-corrected chi connectivity index (χ1v) is 8.53. The third kappa shape index (κ3) is 2.41. The van der Waals surface area contributed by atoms with Crippen LogP contribution in [0.1, 0.15) is 12.8 Å². The molecule has 1 aliphatic heterocycles. The third-order valence-electron chi connectivity index (χ3n) is 2.82. The Morgan fingerprint density at radius 1 is 1.38 bits per heavy atom. The molecule has 0 aromatic rings. The Morgan fingerprint density at radius 3 is 2.62 bits per heavy atom. The van der Waals surface area contributed by atoms with E-state index in [1.165, 1.54) is 42.2 Å². The van der Waals surface area contributed by atoms with Crippen molar-refractivity contribution in [3.8, 4) is 0 Å². The highest BCUT2D eigenvalue weighted by molar-refractivity contribution is 6.65. The highest BCUT2D eigenvalue weighted by atomic mass is 28.4. The monoisotopic (exact) mass is 219 g/mol. The lowest BCUT2D eigenvalue weighted by Gasteiger charge is -2.31. The van der Waals surface area contributed by atoms with E-state index in [1.54, 1.807) is 14.2 Å². The van der Waals surface area contributed by atoms with Crippen LogP contribution in [0.15, 0.2) is 0 Å². The molecule has 13 heavy (non-hydrogen) atoms. The predicted molar refractivity (Wildman–Crippen MR) is 60.1 cm³/mol. The van der Waals surface area contributed by atoms with Crippen LogP contribution in [0.25, 0.3) is 0 Å².